The second-order valence-electron chi connectivity index (χ2n) is 6.50. The minimum atomic E-state index is -0.172. The Hall–Kier alpha value is -2.36. The molecule has 1 N–H and O–H groups in total. The van der Waals surface area contributed by atoms with E-state index in [0.717, 1.165) is 18.7 Å². The molecule has 1 fully saturated rings. The fourth-order valence-corrected chi connectivity index (χ4v) is 3.99. The van der Waals surface area contributed by atoms with Gasteiger partial charge in [-0.05, 0) is 24.0 Å². The van der Waals surface area contributed by atoms with E-state index in [0.29, 0.717) is 30.2 Å². The highest BCUT2D eigenvalue weighted by Gasteiger charge is 2.28. The zero-order chi connectivity index (χ0) is 20.6. The second-order valence-corrected chi connectivity index (χ2v) is 7.51. The maximum Gasteiger partial charge on any atom is 0.254 e. The summed E-state index contributed by atoms with van der Waals surface area (Å²) in [5, 5.41) is 3.11. The molecule has 1 aromatic heterocycles. The molecular formula is C20H26N4O4S. The van der Waals surface area contributed by atoms with Crippen LogP contribution >= 0.6 is 11.8 Å². The molecule has 156 valence electrons. The van der Waals surface area contributed by atoms with Crippen LogP contribution in [0.25, 0.3) is 0 Å². The van der Waals surface area contributed by atoms with Crippen molar-refractivity contribution in [2.45, 2.75) is 11.5 Å². The van der Waals surface area contributed by atoms with Crippen LogP contribution in [0.2, 0.25) is 0 Å². The summed E-state index contributed by atoms with van der Waals surface area (Å²) < 4.78 is 16.7. The molecule has 1 saturated heterocycles. The number of nitrogens with zero attached hydrogens (tertiary/aromatic N) is 3. The van der Waals surface area contributed by atoms with Crippen molar-refractivity contribution in [3.8, 4) is 11.5 Å². The number of carbonyl (C=O) groups excluding carboxylic acids is 1. The van der Waals surface area contributed by atoms with Crippen LogP contribution in [0, 0.1) is 0 Å². The number of methoxy groups -OCH3 is 2. The summed E-state index contributed by atoms with van der Waals surface area (Å²) in [7, 11) is 3.25. The normalized spacial score (nSPS) is 18.1. The van der Waals surface area contributed by atoms with E-state index in [-0.39, 0.29) is 17.4 Å². The topological polar surface area (TPSA) is 85.8 Å². The van der Waals surface area contributed by atoms with Crippen molar-refractivity contribution in [1.82, 2.24) is 20.2 Å². The van der Waals surface area contributed by atoms with Crippen LogP contribution in [0.15, 0.2) is 36.9 Å². The number of rotatable bonds is 8. The summed E-state index contributed by atoms with van der Waals surface area (Å²) in [5.74, 6) is 1.21. The van der Waals surface area contributed by atoms with E-state index >= 15 is 0 Å². The van der Waals surface area contributed by atoms with Crippen molar-refractivity contribution in [3.63, 3.8) is 0 Å². The summed E-state index contributed by atoms with van der Waals surface area (Å²) in [6, 6.07) is 5.85. The summed E-state index contributed by atoms with van der Waals surface area (Å²) in [5.41, 5.74) is 1.50. The summed E-state index contributed by atoms with van der Waals surface area (Å²) in [6.07, 6.45) is 6.40. The Bertz CT molecular complexity index is 808. The van der Waals surface area contributed by atoms with E-state index in [9.17, 15) is 4.79 Å². The number of morpholine rings is 1. The monoisotopic (exact) mass is 418 g/mol. The van der Waals surface area contributed by atoms with Crippen LogP contribution in [0.4, 0.5) is 0 Å². The molecule has 1 aliphatic rings. The lowest BCUT2D eigenvalue weighted by Crippen LogP contribution is -2.48. The number of amides is 1. The van der Waals surface area contributed by atoms with Gasteiger partial charge in [-0.3, -0.25) is 9.69 Å². The van der Waals surface area contributed by atoms with Gasteiger partial charge in [-0.2, -0.15) is 0 Å². The molecule has 3 rings (SSSR count). The van der Waals surface area contributed by atoms with Gasteiger partial charge in [0.15, 0.2) is 11.5 Å². The molecule has 8 nitrogen and oxygen atoms in total. The second kappa shape index (κ2) is 10.4. The first-order valence-electron chi connectivity index (χ1n) is 9.29. The first-order valence-corrected chi connectivity index (χ1v) is 10.6. The van der Waals surface area contributed by atoms with Crippen molar-refractivity contribution in [1.29, 1.82) is 0 Å². The van der Waals surface area contributed by atoms with Crippen LogP contribution < -0.4 is 14.8 Å². The number of benzene rings is 1. The van der Waals surface area contributed by atoms with E-state index in [1.165, 1.54) is 18.7 Å². The van der Waals surface area contributed by atoms with E-state index < -0.39 is 0 Å². The van der Waals surface area contributed by atoms with Crippen molar-refractivity contribution in [2.75, 3.05) is 46.7 Å². The minimum Gasteiger partial charge on any atom is -0.493 e. The highest BCUT2D eigenvalue weighted by Crippen LogP contribution is 2.33. The highest BCUT2D eigenvalue weighted by molar-refractivity contribution is 7.99. The predicted octanol–water partition coefficient (Wildman–Crippen LogP) is 1.99. The average molecular weight is 419 g/mol. The largest absolute Gasteiger partial charge is 0.493 e. The molecule has 2 aromatic rings. The Labute approximate surface area is 175 Å². The fraction of sp³-hybridized carbons (Fsp3) is 0.450. The predicted molar refractivity (Wildman–Crippen MR) is 111 cm³/mol. The van der Waals surface area contributed by atoms with Gasteiger partial charge < -0.3 is 19.5 Å². The van der Waals surface area contributed by atoms with Crippen LogP contribution in [0.5, 0.6) is 11.5 Å². The number of carbonyl (C=O) groups is 1. The molecule has 29 heavy (non-hydrogen) atoms. The van der Waals surface area contributed by atoms with E-state index in [4.69, 9.17) is 14.2 Å². The first kappa shape index (κ1) is 21.4. The van der Waals surface area contributed by atoms with Crippen molar-refractivity contribution in [3.05, 3.63) is 48.0 Å². The third-order valence-corrected chi connectivity index (χ3v) is 5.83. The summed E-state index contributed by atoms with van der Waals surface area (Å²) in [4.78, 5) is 22.4. The van der Waals surface area contributed by atoms with Crippen LogP contribution in [-0.4, -0.2) is 72.9 Å². The SMILES string of the molecule is COc1ccc(C2CN(C(CNC(=O)c3cncnc3)SC)CCO2)cc1OC. The number of hydrogen-bond acceptors (Lipinski definition) is 8. The molecule has 0 bridgehead atoms. The van der Waals surface area contributed by atoms with Gasteiger partial charge in [0.25, 0.3) is 5.91 Å². The third-order valence-electron chi connectivity index (χ3n) is 4.82. The molecule has 2 heterocycles. The quantitative estimate of drug-likeness (QED) is 0.697. The number of aromatic nitrogens is 2. The Morgan fingerprint density at radius 2 is 2.07 bits per heavy atom. The molecule has 0 spiro atoms. The molecule has 0 aliphatic carbocycles. The number of nitrogens with one attached hydrogen (secondary N) is 1. The zero-order valence-electron chi connectivity index (χ0n) is 16.8. The number of ether oxygens (including phenoxy) is 3. The Morgan fingerprint density at radius 3 is 2.76 bits per heavy atom. The molecular weight excluding hydrogens is 392 g/mol. The number of thioether (sulfide) groups is 1. The lowest BCUT2D eigenvalue weighted by molar-refractivity contribution is -0.0335. The molecule has 2 unspecified atom stereocenters. The molecule has 2 atom stereocenters. The van der Waals surface area contributed by atoms with Gasteiger partial charge in [-0.15, -0.1) is 11.8 Å². The molecule has 1 aromatic carbocycles. The molecule has 1 aliphatic heterocycles. The minimum absolute atomic E-state index is 0.0727. The summed E-state index contributed by atoms with van der Waals surface area (Å²) in [6.45, 7) is 2.68. The fourth-order valence-electron chi connectivity index (χ4n) is 3.25. The van der Waals surface area contributed by atoms with Gasteiger partial charge in [0.2, 0.25) is 0 Å². The Balaban J connectivity index is 1.63. The lowest BCUT2D eigenvalue weighted by Gasteiger charge is -2.37. The standard InChI is InChI=1S/C20H26N4O4S/c1-26-16-5-4-14(8-17(16)27-2)18-12-24(6-7-28-18)19(29-3)11-23-20(25)15-9-21-13-22-10-15/h4-5,8-10,13,18-19H,6-7,11-12H2,1-3H3,(H,23,25). The smallest absolute Gasteiger partial charge is 0.254 e. The average Bonchev–Trinajstić information content (AvgIpc) is 2.79. The van der Waals surface area contributed by atoms with Gasteiger partial charge in [0, 0.05) is 32.0 Å². The number of hydrogen-bond donors (Lipinski definition) is 1. The van der Waals surface area contributed by atoms with Crippen LogP contribution in [0.1, 0.15) is 22.0 Å². The van der Waals surface area contributed by atoms with E-state index in [2.05, 4.69) is 20.2 Å². The van der Waals surface area contributed by atoms with Crippen LogP contribution in [0.3, 0.4) is 0 Å². The van der Waals surface area contributed by atoms with Crippen molar-refractivity contribution in [2.24, 2.45) is 0 Å². The Kier molecular flexibility index (Phi) is 7.68. The maximum absolute atomic E-state index is 12.3. The van der Waals surface area contributed by atoms with Gasteiger partial charge in [-0.1, -0.05) is 6.07 Å². The Morgan fingerprint density at radius 1 is 1.31 bits per heavy atom. The van der Waals surface area contributed by atoms with Gasteiger partial charge in [-0.25, -0.2) is 9.97 Å². The highest BCUT2D eigenvalue weighted by atomic mass is 32.2. The lowest BCUT2D eigenvalue weighted by atomic mass is 10.1. The van der Waals surface area contributed by atoms with Gasteiger partial charge in [0.1, 0.15) is 6.33 Å². The maximum atomic E-state index is 12.3. The molecule has 0 saturated carbocycles. The van der Waals surface area contributed by atoms with Gasteiger partial charge in [0.05, 0.1) is 37.9 Å². The molecule has 9 heteroatoms. The van der Waals surface area contributed by atoms with Crippen molar-refractivity contribution >= 4 is 17.7 Å². The molecule has 1 amide bonds. The van der Waals surface area contributed by atoms with Crippen LogP contribution in [-0.2, 0) is 4.74 Å². The zero-order valence-corrected chi connectivity index (χ0v) is 17.6. The van der Waals surface area contributed by atoms with E-state index in [1.807, 2.05) is 24.5 Å². The summed E-state index contributed by atoms with van der Waals surface area (Å²) >= 11 is 1.70. The molecule has 0 radical (unpaired) electrons. The van der Waals surface area contributed by atoms with Crippen molar-refractivity contribution < 1.29 is 19.0 Å². The first-order chi connectivity index (χ1) is 14.2. The van der Waals surface area contributed by atoms with E-state index in [1.54, 1.807) is 26.0 Å². The van der Waals surface area contributed by atoms with Gasteiger partial charge >= 0.3 is 0 Å². The third kappa shape index (κ3) is 5.37.